The molecule has 0 heterocycles. The fourth-order valence-electron chi connectivity index (χ4n) is 4.26. The molecule has 1 nitrogen and oxygen atoms in total. The van der Waals surface area contributed by atoms with Gasteiger partial charge in [0.05, 0.1) is 15.6 Å². The Morgan fingerprint density at radius 1 is 0.514 bits per heavy atom. The predicted octanol–water partition coefficient (Wildman–Crippen LogP) is 11.0. The topological polar surface area (TPSA) is 9.23 Å². The molecule has 0 saturated carbocycles. The van der Waals surface area contributed by atoms with Gasteiger partial charge in [0.15, 0.2) is 0 Å². The van der Waals surface area contributed by atoms with Gasteiger partial charge in [-0.05, 0) is 83.8 Å². The number of rotatable bonds is 11. The van der Waals surface area contributed by atoms with Crippen LogP contribution in [0, 0.1) is 0 Å². The molecule has 0 spiro atoms. The summed E-state index contributed by atoms with van der Waals surface area (Å²) in [5.41, 5.74) is 7.24. The predicted molar refractivity (Wildman–Crippen MR) is 157 cm³/mol. The Morgan fingerprint density at radius 3 is 1.46 bits per heavy atom. The summed E-state index contributed by atoms with van der Waals surface area (Å²) in [6.07, 6.45) is 7.57. The molecule has 4 aromatic carbocycles. The highest BCUT2D eigenvalue weighted by atomic mass is 79.9. The van der Waals surface area contributed by atoms with Gasteiger partial charge in [-0.2, -0.15) is 0 Å². The summed E-state index contributed by atoms with van der Waals surface area (Å²) in [6.45, 7) is 3.00. The van der Waals surface area contributed by atoms with Crippen molar-refractivity contribution in [1.29, 1.82) is 0 Å². The van der Waals surface area contributed by atoms with Gasteiger partial charge in [-0.15, -0.1) is 0 Å². The van der Waals surface area contributed by atoms with Crippen molar-refractivity contribution in [1.82, 2.24) is 0 Å². The van der Waals surface area contributed by atoms with Crippen LogP contribution in [0.5, 0.6) is 5.75 Å². The molecule has 180 valence electrons. The maximum absolute atomic E-state index is 6.09. The van der Waals surface area contributed by atoms with Gasteiger partial charge in [0.2, 0.25) is 0 Å². The molecule has 4 aromatic rings. The van der Waals surface area contributed by atoms with Crippen molar-refractivity contribution in [2.45, 2.75) is 45.4 Å². The summed E-state index contributed by atoms with van der Waals surface area (Å²) in [5.74, 6) is 0.887. The summed E-state index contributed by atoms with van der Waals surface area (Å²) in [7, 11) is 0. The van der Waals surface area contributed by atoms with E-state index < -0.39 is 0 Å². The highest BCUT2D eigenvalue weighted by Gasteiger charge is 2.11. The summed E-state index contributed by atoms with van der Waals surface area (Å²) in [4.78, 5) is 0. The Kier molecular flexibility index (Phi) is 9.62. The SMILES string of the molecule is CCCCCCCCOc1c(Br)cc(-c2ccc(-c3ccc(-c4ccccc4)cc3)cc2)cc1Br. The van der Waals surface area contributed by atoms with Crippen molar-refractivity contribution >= 4 is 31.9 Å². The summed E-state index contributed by atoms with van der Waals surface area (Å²) in [5, 5.41) is 0. The van der Waals surface area contributed by atoms with E-state index in [-0.39, 0.29) is 0 Å². The number of hydrogen-bond donors (Lipinski definition) is 0. The molecule has 0 aliphatic rings. The molecule has 0 atom stereocenters. The van der Waals surface area contributed by atoms with Gasteiger partial charge in [-0.1, -0.05) is 118 Å². The minimum absolute atomic E-state index is 0.750. The minimum Gasteiger partial charge on any atom is -0.491 e. The van der Waals surface area contributed by atoms with Crippen molar-refractivity contribution in [3.05, 3.63) is 99.9 Å². The first-order valence-corrected chi connectivity index (χ1v) is 14.1. The monoisotopic (exact) mass is 590 g/mol. The summed E-state index contributed by atoms with van der Waals surface area (Å²) < 4.78 is 8.05. The average Bonchev–Trinajstić information content (AvgIpc) is 2.90. The van der Waals surface area contributed by atoms with Crippen LogP contribution in [0.1, 0.15) is 45.4 Å². The van der Waals surface area contributed by atoms with Crippen LogP contribution in [-0.4, -0.2) is 6.61 Å². The molecule has 35 heavy (non-hydrogen) atoms. The van der Waals surface area contributed by atoms with Crippen LogP contribution in [0.25, 0.3) is 33.4 Å². The number of unbranched alkanes of at least 4 members (excludes halogenated alkanes) is 5. The van der Waals surface area contributed by atoms with E-state index in [9.17, 15) is 0 Å². The lowest BCUT2D eigenvalue weighted by Gasteiger charge is -2.13. The second kappa shape index (κ2) is 13.1. The van der Waals surface area contributed by atoms with E-state index in [1.54, 1.807) is 0 Å². The Morgan fingerprint density at radius 2 is 0.943 bits per heavy atom. The lowest BCUT2D eigenvalue weighted by molar-refractivity contribution is 0.301. The zero-order valence-electron chi connectivity index (χ0n) is 20.3. The number of ether oxygens (including phenoxy) is 1. The molecular formula is C32H32Br2O. The van der Waals surface area contributed by atoms with Gasteiger partial charge in [0.1, 0.15) is 5.75 Å². The summed E-state index contributed by atoms with van der Waals surface area (Å²) in [6, 6.07) is 32.3. The van der Waals surface area contributed by atoms with Crippen LogP contribution < -0.4 is 4.74 Å². The minimum atomic E-state index is 0.750. The smallest absolute Gasteiger partial charge is 0.147 e. The molecule has 0 unspecified atom stereocenters. The first-order valence-electron chi connectivity index (χ1n) is 12.5. The van der Waals surface area contributed by atoms with Crippen LogP contribution in [0.4, 0.5) is 0 Å². The van der Waals surface area contributed by atoms with Crippen LogP contribution in [0.15, 0.2) is 99.9 Å². The van der Waals surface area contributed by atoms with E-state index in [0.717, 1.165) is 33.3 Å². The fourth-order valence-corrected chi connectivity index (χ4v) is 5.68. The highest BCUT2D eigenvalue weighted by molar-refractivity contribution is 9.11. The third-order valence-corrected chi connectivity index (χ3v) is 7.46. The van der Waals surface area contributed by atoms with Crippen LogP contribution in [0.3, 0.4) is 0 Å². The third kappa shape index (κ3) is 7.08. The molecule has 0 radical (unpaired) electrons. The van der Waals surface area contributed by atoms with Gasteiger partial charge in [0.25, 0.3) is 0 Å². The molecule has 0 aliphatic carbocycles. The first-order chi connectivity index (χ1) is 17.2. The Balaban J connectivity index is 1.40. The molecule has 0 saturated heterocycles. The van der Waals surface area contributed by atoms with Gasteiger partial charge in [-0.3, -0.25) is 0 Å². The van der Waals surface area contributed by atoms with Gasteiger partial charge >= 0.3 is 0 Å². The van der Waals surface area contributed by atoms with Gasteiger partial charge in [-0.25, -0.2) is 0 Å². The van der Waals surface area contributed by atoms with E-state index in [0.29, 0.717) is 0 Å². The first kappa shape index (κ1) is 25.7. The molecule has 0 N–H and O–H groups in total. The average molecular weight is 592 g/mol. The highest BCUT2D eigenvalue weighted by Crippen LogP contribution is 2.38. The zero-order valence-corrected chi connectivity index (χ0v) is 23.4. The van der Waals surface area contributed by atoms with Crippen LogP contribution >= 0.6 is 31.9 Å². The Bertz CT molecular complexity index is 1180. The van der Waals surface area contributed by atoms with Crippen molar-refractivity contribution in [3.63, 3.8) is 0 Å². The Hall–Kier alpha value is -2.36. The molecular weight excluding hydrogens is 560 g/mol. The normalized spacial score (nSPS) is 10.9. The van der Waals surface area contributed by atoms with Crippen molar-refractivity contribution in [3.8, 4) is 39.1 Å². The third-order valence-electron chi connectivity index (χ3n) is 6.29. The molecule has 3 heteroatoms. The van der Waals surface area contributed by atoms with Crippen LogP contribution in [-0.2, 0) is 0 Å². The maximum Gasteiger partial charge on any atom is 0.147 e. The molecule has 0 amide bonds. The molecule has 0 bridgehead atoms. The van der Waals surface area contributed by atoms with E-state index in [1.807, 2.05) is 6.07 Å². The van der Waals surface area contributed by atoms with Crippen molar-refractivity contribution < 1.29 is 4.74 Å². The lowest BCUT2D eigenvalue weighted by Crippen LogP contribution is -1.99. The second-order valence-electron chi connectivity index (χ2n) is 8.91. The Labute approximate surface area is 226 Å². The van der Waals surface area contributed by atoms with E-state index in [4.69, 9.17) is 4.74 Å². The van der Waals surface area contributed by atoms with Crippen LogP contribution in [0.2, 0.25) is 0 Å². The zero-order chi connectivity index (χ0) is 24.5. The van der Waals surface area contributed by atoms with Crippen molar-refractivity contribution in [2.24, 2.45) is 0 Å². The summed E-state index contributed by atoms with van der Waals surface area (Å²) >= 11 is 7.44. The number of benzene rings is 4. The fraction of sp³-hybridized carbons (Fsp3) is 0.250. The maximum atomic E-state index is 6.09. The number of halogens is 2. The van der Waals surface area contributed by atoms with E-state index in [2.05, 4.69) is 124 Å². The van der Waals surface area contributed by atoms with Gasteiger partial charge < -0.3 is 4.74 Å². The second-order valence-corrected chi connectivity index (χ2v) is 10.6. The molecule has 4 rings (SSSR count). The van der Waals surface area contributed by atoms with Gasteiger partial charge in [0, 0.05) is 0 Å². The molecule has 0 aromatic heterocycles. The molecule has 0 fully saturated rings. The lowest BCUT2D eigenvalue weighted by atomic mass is 9.98. The van der Waals surface area contributed by atoms with E-state index >= 15 is 0 Å². The quantitative estimate of drug-likeness (QED) is 0.158. The van der Waals surface area contributed by atoms with E-state index in [1.165, 1.54) is 59.9 Å². The largest absolute Gasteiger partial charge is 0.491 e. The molecule has 0 aliphatic heterocycles. The standard InChI is InChI=1S/C32H32Br2O/c1-2-3-4-5-6-10-21-35-32-30(33)22-29(23-31(32)34)28-19-17-27(18-20-28)26-15-13-25(14-16-26)24-11-8-7-9-12-24/h7-9,11-20,22-23H,2-6,10,21H2,1H3. The number of hydrogen-bond acceptors (Lipinski definition) is 1. The van der Waals surface area contributed by atoms with Crippen molar-refractivity contribution in [2.75, 3.05) is 6.61 Å².